The number of methoxy groups -OCH3 is 1. The van der Waals surface area contributed by atoms with Gasteiger partial charge in [-0.1, -0.05) is 0 Å². The Kier molecular flexibility index (Phi) is 5.46. The number of aliphatic carboxylic acids is 1. The van der Waals surface area contributed by atoms with Crippen LogP contribution in [0.5, 0.6) is 0 Å². The van der Waals surface area contributed by atoms with Crippen LogP contribution in [0.4, 0.5) is 0 Å². The van der Waals surface area contributed by atoms with E-state index in [9.17, 15) is 14.7 Å². The summed E-state index contributed by atoms with van der Waals surface area (Å²) < 4.78 is 10.5. The third-order valence-corrected chi connectivity index (χ3v) is 4.59. The Morgan fingerprint density at radius 2 is 2.17 bits per heavy atom. The zero-order chi connectivity index (χ0) is 17.0. The standard InChI is InChI=1S/C17H25NO5/c1-12-10-14(13(2)23-12)15(19)18-8-4-6-17(11-18,16(20)21)7-5-9-22-3/h10H,4-9,11H2,1-3H3,(H,20,21)/t17-/m0/s1. The fraction of sp³-hybridized carbons (Fsp3) is 0.647. The second-order valence-corrected chi connectivity index (χ2v) is 6.34. The summed E-state index contributed by atoms with van der Waals surface area (Å²) in [5, 5.41) is 9.72. The SMILES string of the molecule is COCCC[C@@]1(C(=O)O)CCCN(C(=O)c2cc(C)oc2C)C1. The maximum absolute atomic E-state index is 12.7. The third-order valence-electron chi connectivity index (χ3n) is 4.59. The Hall–Kier alpha value is -1.82. The second-order valence-electron chi connectivity index (χ2n) is 6.34. The fourth-order valence-corrected chi connectivity index (χ4v) is 3.36. The number of hydrogen-bond acceptors (Lipinski definition) is 4. The number of likely N-dealkylation sites (tertiary alicyclic amines) is 1. The van der Waals surface area contributed by atoms with E-state index in [1.54, 1.807) is 31.9 Å². The van der Waals surface area contributed by atoms with E-state index in [0.29, 0.717) is 55.9 Å². The predicted molar refractivity (Wildman–Crippen MR) is 84.5 cm³/mol. The summed E-state index contributed by atoms with van der Waals surface area (Å²) in [5.74, 6) is 0.299. The number of hydrogen-bond donors (Lipinski definition) is 1. The number of rotatable bonds is 6. The first-order valence-electron chi connectivity index (χ1n) is 7.98. The van der Waals surface area contributed by atoms with Crippen LogP contribution in [-0.2, 0) is 9.53 Å². The maximum Gasteiger partial charge on any atom is 0.311 e. The van der Waals surface area contributed by atoms with E-state index in [4.69, 9.17) is 9.15 Å². The van der Waals surface area contributed by atoms with Crippen molar-refractivity contribution in [3.8, 4) is 0 Å². The van der Waals surface area contributed by atoms with E-state index in [1.807, 2.05) is 0 Å². The highest BCUT2D eigenvalue weighted by Gasteiger charge is 2.43. The van der Waals surface area contributed by atoms with Gasteiger partial charge >= 0.3 is 5.97 Å². The number of amides is 1. The van der Waals surface area contributed by atoms with Gasteiger partial charge in [-0.3, -0.25) is 9.59 Å². The highest BCUT2D eigenvalue weighted by Crippen LogP contribution is 2.36. The molecule has 0 aliphatic carbocycles. The summed E-state index contributed by atoms with van der Waals surface area (Å²) in [4.78, 5) is 26.2. The van der Waals surface area contributed by atoms with Gasteiger partial charge < -0.3 is 19.2 Å². The van der Waals surface area contributed by atoms with Crippen molar-refractivity contribution in [2.45, 2.75) is 39.5 Å². The van der Waals surface area contributed by atoms with Crippen molar-refractivity contribution in [2.24, 2.45) is 5.41 Å². The van der Waals surface area contributed by atoms with Crippen molar-refractivity contribution >= 4 is 11.9 Å². The highest BCUT2D eigenvalue weighted by molar-refractivity contribution is 5.95. The zero-order valence-corrected chi connectivity index (χ0v) is 14.1. The number of carboxylic acids is 1. The lowest BCUT2D eigenvalue weighted by molar-refractivity contribution is -0.152. The Balaban J connectivity index is 2.16. The summed E-state index contributed by atoms with van der Waals surface area (Å²) in [5.41, 5.74) is -0.348. The molecule has 1 aromatic rings. The average Bonchev–Trinajstić information content (AvgIpc) is 2.85. The van der Waals surface area contributed by atoms with Crippen LogP contribution >= 0.6 is 0 Å². The molecule has 1 atom stereocenters. The molecule has 1 saturated heterocycles. The molecule has 0 bridgehead atoms. The average molecular weight is 323 g/mol. The minimum Gasteiger partial charge on any atom is -0.481 e. The van der Waals surface area contributed by atoms with Crippen molar-refractivity contribution in [3.63, 3.8) is 0 Å². The molecule has 23 heavy (non-hydrogen) atoms. The molecule has 0 spiro atoms. The Morgan fingerprint density at radius 1 is 1.43 bits per heavy atom. The van der Waals surface area contributed by atoms with Crippen LogP contribution in [0.3, 0.4) is 0 Å². The van der Waals surface area contributed by atoms with Gasteiger partial charge in [0.15, 0.2) is 0 Å². The van der Waals surface area contributed by atoms with Crippen LogP contribution in [0.25, 0.3) is 0 Å². The molecule has 0 unspecified atom stereocenters. The molecule has 2 heterocycles. The van der Waals surface area contributed by atoms with Crippen molar-refractivity contribution in [2.75, 3.05) is 26.8 Å². The number of piperidine rings is 1. The molecule has 0 saturated carbocycles. The minimum atomic E-state index is -0.876. The molecule has 1 aromatic heterocycles. The van der Waals surface area contributed by atoms with Gasteiger partial charge in [-0.25, -0.2) is 0 Å². The van der Waals surface area contributed by atoms with Crippen molar-refractivity contribution in [1.29, 1.82) is 0 Å². The number of furan rings is 1. The topological polar surface area (TPSA) is 80.0 Å². The predicted octanol–water partition coefficient (Wildman–Crippen LogP) is 2.63. The van der Waals surface area contributed by atoms with Gasteiger partial charge in [-0.15, -0.1) is 0 Å². The second kappa shape index (κ2) is 7.17. The largest absolute Gasteiger partial charge is 0.481 e. The molecule has 6 nitrogen and oxygen atoms in total. The molecule has 1 N–H and O–H groups in total. The van der Waals surface area contributed by atoms with Gasteiger partial charge in [0.1, 0.15) is 11.5 Å². The van der Waals surface area contributed by atoms with E-state index in [2.05, 4.69) is 0 Å². The number of aryl methyl sites for hydroxylation is 2. The zero-order valence-electron chi connectivity index (χ0n) is 14.1. The lowest BCUT2D eigenvalue weighted by Gasteiger charge is -2.40. The van der Waals surface area contributed by atoms with Gasteiger partial charge in [-0.2, -0.15) is 0 Å². The van der Waals surface area contributed by atoms with E-state index in [-0.39, 0.29) is 12.5 Å². The van der Waals surface area contributed by atoms with Gasteiger partial charge in [0.25, 0.3) is 5.91 Å². The number of carbonyl (C=O) groups excluding carboxylic acids is 1. The van der Waals surface area contributed by atoms with E-state index in [0.717, 1.165) is 0 Å². The van der Waals surface area contributed by atoms with Crippen molar-refractivity contribution < 1.29 is 23.8 Å². The first kappa shape index (κ1) is 17.5. The first-order valence-corrected chi connectivity index (χ1v) is 7.98. The monoisotopic (exact) mass is 323 g/mol. The molecule has 1 amide bonds. The molecule has 2 rings (SSSR count). The minimum absolute atomic E-state index is 0.142. The van der Waals surface area contributed by atoms with E-state index >= 15 is 0 Å². The van der Waals surface area contributed by atoms with Crippen LogP contribution in [-0.4, -0.2) is 48.7 Å². The van der Waals surface area contributed by atoms with Crippen LogP contribution in [0.15, 0.2) is 10.5 Å². The van der Waals surface area contributed by atoms with Crippen LogP contribution < -0.4 is 0 Å². The molecular weight excluding hydrogens is 298 g/mol. The first-order chi connectivity index (χ1) is 10.9. The van der Waals surface area contributed by atoms with E-state index in [1.165, 1.54) is 0 Å². The number of nitrogens with zero attached hydrogens (tertiary/aromatic N) is 1. The molecule has 1 aliphatic rings. The Labute approximate surface area is 136 Å². The molecule has 1 fully saturated rings. The summed E-state index contributed by atoms with van der Waals surface area (Å²) in [6, 6.07) is 1.72. The Bertz CT molecular complexity index is 580. The molecule has 6 heteroatoms. The normalized spacial score (nSPS) is 21.4. The smallest absolute Gasteiger partial charge is 0.311 e. The number of carbonyl (C=O) groups is 2. The van der Waals surface area contributed by atoms with Crippen molar-refractivity contribution in [1.82, 2.24) is 4.90 Å². The quantitative estimate of drug-likeness (QED) is 0.814. The highest BCUT2D eigenvalue weighted by atomic mass is 16.5. The Morgan fingerprint density at radius 3 is 2.74 bits per heavy atom. The van der Waals surface area contributed by atoms with Gasteiger partial charge in [0, 0.05) is 26.8 Å². The summed E-state index contributed by atoms with van der Waals surface area (Å²) in [7, 11) is 1.61. The van der Waals surface area contributed by atoms with Gasteiger partial charge in [-0.05, 0) is 45.6 Å². The number of ether oxygens (including phenoxy) is 1. The maximum atomic E-state index is 12.7. The lowest BCUT2D eigenvalue weighted by Crippen LogP contribution is -2.50. The summed E-state index contributed by atoms with van der Waals surface area (Å²) >= 11 is 0. The van der Waals surface area contributed by atoms with Gasteiger partial charge in [0.2, 0.25) is 0 Å². The molecule has 128 valence electrons. The molecule has 1 aliphatic heterocycles. The summed E-state index contributed by atoms with van der Waals surface area (Å²) in [6.07, 6.45) is 2.48. The summed E-state index contributed by atoms with van der Waals surface area (Å²) in [6.45, 7) is 4.92. The molecular formula is C17H25NO5. The van der Waals surface area contributed by atoms with Crippen LogP contribution in [0, 0.1) is 19.3 Å². The van der Waals surface area contributed by atoms with Crippen molar-refractivity contribution in [3.05, 3.63) is 23.2 Å². The van der Waals surface area contributed by atoms with Crippen LogP contribution in [0.2, 0.25) is 0 Å². The molecule has 0 radical (unpaired) electrons. The fourth-order valence-electron chi connectivity index (χ4n) is 3.36. The van der Waals surface area contributed by atoms with Gasteiger partial charge in [0.05, 0.1) is 11.0 Å². The molecule has 0 aromatic carbocycles. The van der Waals surface area contributed by atoms with E-state index < -0.39 is 11.4 Å². The number of carboxylic acid groups (broad SMARTS) is 1. The van der Waals surface area contributed by atoms with Crippen LogP contribution in [0.1, 0.15) is 47.6 Å². The third kappa shape index (κ3) is 3.75. The lowest BCUT2D eigenvalue weighted by atomic mass is 9.76.